The van der Waals surface area contributed by atoms with Crippen molar-refractivity contribution in [3.8, 4) is 0 Å². The van der Waals surface area contributed by atoms with Crippen LogP contribution in [0, 0.1) is 5.82 Å². The van der Waals surface area contributed by atoms with Gasteiger partial charge in [-0.15, -0.1) is 0 Å². The molecule has 1 rings (SSSR count). The van der Waals surface area contributed by atoms with Crippen molar-refractivity contribution in [1.82, 2.24) is 0 Å². The van der Waals surface area contributed by atoms with Crippen LogP contribution in [0.5, 0.6) is 0 Å². The Labute approximate surface area is 97.3 Å². The standard InChI is InChI=1S/C10H12ClFN2O2/c1-16-10(15)8(13)3-5-2-6(11)4-7(12)9(5)14/h2,4,8H,3,13-14H2,1H3/t8-/m0/s1. The second kappa shape index (κ2) is 5.14. The first-order valence-electron chi connectivity index (χ1n) is 4.52. The quantitative estimate of drug-likeness (QED) is 0.619. The number of nitrogen functional groups attached to an aromatic ring is 1. The van der Waals surface area contributed by atoms with Gasteiger partial charge in [-0.05, 0) is 17.7 Å². The number of hydrogen-bond donors (Lipinski definition) is 2. The molecule has 88 valence electrons. The maximum Gasteiger partial charge on any atom is 0.322 e. The second-order valence-corrected chi connectivity index (χ2v) is 3.73. The third kappa shape index (κ3) is 2.84. The van der Waals surface area contributed by atoms with Gasteiger partial charge in [0.15, 0.2) is 0 Å². The predicted octanol–water partition coefficient (Wildman–Crippen LogP) is 1.10. The fraction of sp³-hybridized carbons (Fsp3) is 0.300. The zero-order chi connectivity index (χ0) is 12.3. The summed E-state index contributed by atoms with van der Waals surface area (Å²) in [5.41, 5.74) is 11.4. The van der Waals surface area contributed by atoms with Gasteiger partial charge in [-0.2, -0.15) is 0 Å². The van der Waals surface area contributed by atoms with Gasteiger partial charge in [0.2, 0.25) is 0 Å². The van der Waals surface area contributed by atoms with Gasteiger partial charge in [-0.1, -0.05) is 11.6 Å². The molecule has 0 fully saturated rings. The Morgan fingerprint density at radius 1 is 1.62 bits per heavy atom. The Balaban J connectivity index is 2.93. The average molecular weight is 247 g/mol. The van der Waals surface area contributed by atoms with Crippen LogP contribution in [0.25, 0.3) is 0 Å². The van der Waals surface area contributed by atoms with Crippen LogP contribution < -0.4 is 11.5 Å². The minimum atomic E-state index is -0.884. The SMILES string of the molecule is COC(=O)[C@@H](N)Cc1cc(Cl)cc(F)c1N. The molecular formula is C10H12ClFN2O2. The highest BCUT2D eigenvalue weighted by atomic mass is 35.5. The Morgan fingerprint density at radius 3 is 2.81 bits per heavy atom. The molecule has 4 nitrogen and oxygen atoms in total. The molecule has 1 atom stereocenters. The molecule has 0 spiro atoms. The number of methoxy groups -OCH3 is 1. The number of hydrogen-bond acceptors (Lipinski definition) is 4. The van der Waals surface area contributed by atoms with E-state index in [1.54, 1.807) is 0 Å². The molecule has 0 bridgehead atoms. The molecule has 0 aliphatic rings. The van der Waals surface area contributed by atoms with Crippen molar-refractivity contribution >= 4 is 23.3 Å². The van der Waals surface area contributed by atoms with Crippen molar-refractivity contribution in [1.29, 1.82) is 0 Å². The van der Waals surface area contributed by atoms with Crippen LogP contribution in [0.15, 0.2) is 12.1 Å². The first-order chi connectivity index (χ1) is 7.45. The van der Waals surface area contributed by atoms with Gasteiger partial charge in [0.25, 0.3) is 0 Å². The monoisotopic (exact) mass is 246 g/mol. The maximum absolute atomic E-state index is 13.2. The molecule has 0 unspecified atom stereocenters. The van der Waals surface area contributed by atoms with E-state index in [9.17, 15) is 9.18 Å². The highest BCUT2D eigenvalue weighted by Gasteiger charge is 2.17. The molecule has 0 aliphatic heterocycles. The third-order valence-corrected chi connectivity index (χ3v) is 2.34. The first-order valence-corrected chi connectivity index (χ1v) is 4.90. The summed E-state index contributed by atoms with van der Waals surface area (Å²) in [5, 5.41) is 0.207. The minimum Gasteiger partial charge on any atom is -0.468 e. The molecule has 0 aromatic heterocycles. The van der Waals surface area contributed by atoms with E-state index in [4.69, 9.17) is 23.1 Å². The van der Waals surface area contributed by atoms with E-state index < -0.39 is 17.8 Å². The highest BCUT2D eigenvalue weighted by molar-refractivity contribution is 6.30. The number of esters is 1. The minimum absolute atomic E-state index is 0.0521. The molecule has 0 aliphatic carbocycles. The zero-order valence-corrected chi connectivity index (χ0v) is 9.42. The topological polar surface area (TPSA) is 78.3 Å². The summed E-state index contributed by atoms with van der Waals surface area (Å²) in [6.45, 7) is 0. The lowest BCUT2D eigenvalue weighted by atomic mass is 10.0. The van der Waals surface area contributed by atoms with Crippen molar-refractivity contribution < 1.29 is 13.9 Å². The Bertz CT molecular complexity index is 412. The number of carbonyl (C=O) groups excluding carboxylic acids is 1. The Kier molecular flexibility index (Phi) is 4.09. The van der Waals surface area contributed by atoms with E-state index >= 15 is 0 Å². The largest absolute Gasteiger partial charge is 0.468 e. The summed E-state index contributed by atoms with van der Waals surface area (Å²) in [5.74, 6) is -1.21. The van der Waals surface area contributed by atoms with Gasteiger partial charge in [-0.3, -0.25) is 4.79 Å². The van der Waals surface area contributed by atoms with Crippen molar-refractivity contribution in [2.24, 2.45) is 5.73 Å². The normalized spacial score (nSPS) is 12.2. The number of ether oxygens (including phenoxy) is 1. The second-order valence-electron chi connectivity index (χ2n) is 3.29. The van der Waals surface area contributed by atoms with Crippen molar-refractivity contribution in [2.75, 3.05) is 12.8 Å². The van der Waals surface area contributed by atoms with Gasteiger partial charge in [0.05, 0.1) is 12.8 Å². The Morgan fingerprint density at radius 2 is 2.25 bits per heavy atom. The van der Waals surface area contributed by atoms with Crippen LogP contribution in [-0.2, 0) is 16.0 Å². The van der Waals surface area contributed by atoms with Crippen LogP contribution in [0.1, 0.15) is 5.56 Å². The summed E-state index contributed by atoms with van der Waals surface area (Å²) < 4.78 is 17.7. The number of benzene rings is 1. The smallest absolute Gasteiger partial charge is 0.322 e. The lowest BCUT2D eigenvalue weighted by Gasteiger charge is -2.12. The lowest BCUT2D eigenvalue weighted by molar-refractivity contribution is -0.142. The molecule has 4 N–H and O–H groups in total. The van der Waals surface area contributed by atoms with Crippen LogP contribution in [0.2, 0.25) is 5.02 Å². The molecule has 0 saturated heterocycles. The van der Waals surface area contributed by atoms with E-state index in [1.165, 1.54) is 13.2 Å². The summed E-state index contributed by atoms with van der Waals surface area (Å²) in [6, 6.07) is 1.69. The molecule has 0 amide bonds. The van der Waals surface area contributed by atoms with Gasteiger partial charge < -0.3 is 16.2 Å². The number of rotatable bonds is 3. The summed E-state index contributed by atoms with van der Waals surface area (Å²) in [4.78, 5) is 11.1. The summed E-state index contributed by atoms with van der Waals surface area (Å²) in [7, 11) is 1.23. The van der Waals surface area contributed by atoms with E-state index in [0.717, 1.165) is 6.07 Å². The lowest BCUT2D eigenvalue weighted by Crippen LogP contribution is -2.33. The van der Waals surface area contributed by atoms with E-state index in [0.29, 0.717) is 5.56 Å². The highest BCUT2D eigenvalue weighted by Crippen LogP contribution is 2.23. The van der Waals surface area contributed by atoms with Crippen LogP contribution in [-0.4, -0.2) is 19.1 Å². The average Bonchev–Trinajstić information content (AvgIpc) is 2.23. The van der Waals surface area contributed by atoms with Crippen molar-refractivity contribution in [3.63, 3.8) is 0 Å². The van der Waals surface area contributed by atoms with E-state index in [2.05, 4.69) is 4.74 Å². The van der Waals surface area contributed by atoms with E-state index in [-0.39, 0.29) is 17.1 Å². The molecule has 1 aromatic rings. The molecule has 6 heteroatoms. The van der Waals surface area contributed by atoms with Crippen LogP contribution in [0.4, 0.5) is 10.1 Å². The predicted molar refractivity (Wildman–Crippen MR) is 59.5 cm³/mol. The van der Waals surface area contributed by atoms with E-state index in [1.807, 2.05) is 0 Å². The van der Waals surface area contributed by atoms with Crippen LogP contribution >= 0.6 is 11.6 Å². The van der Waals surface area contributed by atoms with Gasteiger partial charge in [0.1, 0.15) is 11.9 Å². The van der Waals surface area contributed by atoms with Crippen LogP contribution in [0.3, 0.4) is 0 Å². The number of nitrogens with two attached hydrogens (primary N) is 2. The molecule has 0 radical (unpaired) electrons. The zero-order valence-electron chi connectivity index (χ0n) is 8.67. The molecule has 1 aromatic carbocycles. The van der Waals surface area contributed by atoms with Crippen molar-refractivity contribution in [3.05, 3.63) is 28.5 Å². The van der Waals surface area contributed by atoms with Gasteiger partial charge >= 0.3 is 5.97 Å². The van der Waals surface area contributed by atoms with Crippen molar-refractivity contribution in [2.45, 2.75) is 12.5 Å². The molecular weight excluding hydrogens is 235 g/mol. The number of carbonyl (C=O) groups is 1. The number of halogens is 2. The molecule has 16 heavy (non-hydrogen) atoms. The molecule has 0 heterocycles. The van der Waals surface area contributed by atoms with Gasteiger partial charge in [0, 0.05) is 11.4 Å². The summed E-state index contributed by atoms with van der Waals surface area (Å²) >= 11 is 5.67. The summed E-state index contributed by atoms with van der Waals surface area (Å²) in [6.07, 6.45) is 0.0794. The molecule has 0 saturated carbocycles. The fourth-order valence-electron chi connectivity index (χ4n) is 1.28. The van der Waals surface area contributed by atoms with Gasteiger partial charge in [-0.25, -0.2) is 4.39 Å². The Hall–Kier alpha value is -1.33. The first kappa shape index (κ1) is 12.7. The number of anilines is 1. The third-order valence-electron chi connectivity index (χ3n) is 2.12. The fourth-order valence-corrected chi connectivity index (χ4v) is 1.51. The maximum atomic E-state index is 13.2.